The van der Waals surface area contributed by atoms with Crippen LogP contribution in [0.4, 0.5) is 13.2 Å². The van der Waals surface area contributed by atoms with Crippen molar-refractivity contribution < 1.29 is 13.2 Å². The summed E-state index contributed by atoms with van der Waals surface area (Å²) in [4.78, 5) is 0. The highest BCUT2D eigenvalue weighted by Crippen LogP contribution is 2.22. The number of alkyl halides is 3. The minimum Gasteiger partial charge on any atom is -0.327 e. The van der Waals surface area contributed by atoms with E-state index in [0.29, 0.717) is 6.42 Å². The van der Waals surface area contributed by atoms with Gasteiger partial charge in [-0.2, -0.15) is 24.9 Å². The quantitative estimate of drug-likeness (QED) is 0.739. The summed E-state index contributed by atoms with van der Waals surface area (Å²) in [5.41, 5.74) is 5.53. The smallest absolute Gasteiger partial charge is 0.327 e. The summed E-state index contributed by atoms with van der Waals surface area (Å²) >= 11 is 1.56. The van der Waals surface area contributed by atoms with Gasteiger partial charge in [-0.15, -0.1) is 0 Å². The third-order valence-electron chi connectivity index (χ3n) is 1.42. The second-order valence-electron chi connectivity index (χ2n) is 2.72. The molecule has 0 saturated heterocycles. The fraction of sp³-hybridized carbons (Fsp3) is 1.00. The fourth-order valence-electron chi connectivity index (χ4n) is 0.862. The monoisotopic (exact) mass is 201 g/mol. The predicted molar refractivity (Wildman–Crippen MR) is 46.3 cm³/mol. The molecular weight excluding hydrogens is 187 g/mol. The Morgan fingerprint density at radius 2 is 2.00 bits per heavy atom. The van der Waals surface area contributed by atoms with E-state index < -0.39 is 12.6 Å². The molecule has 1 atom stereocenters. The molecule has 5 heteroatoms. The summed E-state index contributed by atoms with van der Waals surface area (Å²) in [6, 6.07) is -0.0950. The number of hydrogen-bond donors (Lipinski definition) is 1. The van der Waals surface area contributed by atoms with Gasteiger partial charge in [0, 0.05) is 18.2 Å². The van der Waals surface area contributed by atoms with Crippen LogP contribution in [0.1, 0.15) is 19.3 Å². The molecule has 0 amide bonds. The van der Waals surface area contributed by atoms with Crippen LogP contribution in [0.25, 0.3) is 0 Å². The topological polar surface area (TPSA) is 26.0 Å². The number of nitrogens with two attached hydrogens (primary N) is 1. The third kappa shape index (κ3) is 8.20. The van der Waals surface area contributed by atoms with E-state index in [-0.39, 0.29) is 12.5 Å². The molecule has 0 aliphatic heterocycles. The maximum atomic E-state index is 11.6. The van der Waals surface area contributed by atoms with E-state index in [1.54, 1.807) is 11.8 Å². The Hall–Kier alpha value is 0.100. The van der Waals surface area contributed by atoms with Gasteiger partial charge in [0.1, 0.15) is 0 Å². The third-order valence-corrected chi connectivity index (χ3v) is 2.18. The van der Waals surface area contributed by atoms with Crippen molar-refractivity contribution in [1.29, 1.82) is 0 Å². The molecule has 0 saturated carbocycles. The molecule has 2 N–H and O–H groups in total. The van der Waals surface area contributed by atoms with Gasteiger partial charge in [0.2, 0.25) is 0 Å². The lowest BCUT2D eigenvalue weighted by molar-refractivity contribution is -0.135. The summed E-state index contributed by atoms with van der Waals surface area (Å²) in [6.07, 6.45) is -2.25. The Morgan fingerprint density at radius 3 is 2.42 bits per heavy atom. The Bertz CT molecular complexity index is 116. The molecule has 0 heterocycles. The molecule has 1 nitrogen and oxygen atoms in total. The van der Waals surface area contributed by atoms with Gasteiger partial charge in [0.15, 0.2) is 0 Å². The number of thioether (sulfide) groups is 1. The van der Waals surface area contributed by atoms with E-state index in [0.717, 1.165) is 5.75 Å². The first kappa shape index (κ1) is 12.1. The molecule has 0 aromatic heterocycles. The summed E-state index contributed by atoms with van der Waals surface area (Å²) < 4.78 is 34.9. The van der Waals surface area contributed by atoms with Crippen LogP contribution in [-0.2, 0) is 0 Å². The second-order valence-corrected chi connectivity index (χ2v) is 3.63. The zero-order valence-corrected chi connectivity index (χ0v) is 7.84. The molecule has 0 aliphatic rings. The molecule has 0 aromatic rings. The van der Waals surface area contributed by atoms with Gasteiger partial charge < -0.3 is 5.73 Å². The fourth-order valence-corrected chi connectivity index (χ4v) is 1.46. The highest BCUT2D eigenvalue weighted by molar-refractivity contribution is 7.98. The summed E-state index contributed by atoms with van der Waals surface area (Å²) in [5, 5.41) is 0. The molecular formula is C7H14F3NS. The van der Waals surface area contributed by atoms with Gasteiger partial charge in [0.25, 0.3) is 0 Å². The van der Waals surface area contributed by atoms with Crippen LogP contribution >= 0.6 is 11.8 Å². The van der Waals surface area contributed by atoms with Gasteiger partial charge in [-0.25, -0.2) is 0 Å². The first-order valence-corrected chi connectivity index (χ1v) is 5.16. The lowest BCUT2D eigenvalue weighted by Crippen LogP contribution is -2.23. The van der Waals surface area contributed by atoms with Crippen molar-refractivity contribution in [1.82, 2.24) is 0 Å². The van der Waals surface area contributed by atoms with Crippen LogP contribution < -0.4 is 5.73 Å². The number of rotatable bonds is 5. The number of hydrogen-bond acceptors (Lipinski definition) is 2. The van der Waals surface area contributed by atoms with Gasteiger partial charge >= 0.3 is 6.18 Å². The normalized spacial score (nSPS) is 14.8. The first-order chi connectivity index (χ1) is 5.45. The number of halogens is 3. The predicted octanol–water partition coefficient (Wildman–Crippen LogP) is 2.41. The van der Waals surface area contributed by atoms with E-state index in [1.807, 2.05) is 6.26 Å². The minimum atomic E-state index is -4.03. The molecule has 12 heavy (non-hydrogen) atoms. The molecule has 0 spiro atoms. The molecule has 0 fully saturated rings. The van der Waals surface area contributed by atoms with Crippen molar-refractivity contribution in [3.63, 3.8) is 0 Å². The Balaban J connectivity index is 3.31. The molecule has 74 valence electrons. The van der Waals surface area contributed by atoms with Crippen molar-refractivity contribution >= 4 is 11.8 Å². The summed E-state index contributed by atoms with van der Waals surface area (Å²) in [7, 11) is 0. The summed E-state index contributed by atoms with van der Waals surface area (Å²) in [6.45, 7) is 0. The SMILES string of the molecule is CSCC(N)CCCC(F)(F)F. The van der Waals surface area contributed by atoms with Crippen LogP contribution in [0.3, 0.4) is 0 Å². The van der Waals surface area contributed by atoms with Crippen LogP contribution in [0.2, 0.25) is 0 Å². The van der Waals surface area contributed by atoms with E-state index in [9.17, 15) is 13.2 Å². The zero-order valence-electron chi connectivity index (χ0n) is 7.03. The first-order valence-electron chi connectivity index (χ1n) is 3.77. The van der Waals surface area contributed by atoms with Crippen molar-refractivity contribution in [2.75, 3.05) is 12.0 Å². The Morgan fingerprint density at radius 1 is 1.42 bits per heavy atom. The average molecular weight is 201 g/mol. The highest BCUT2D eigenvalue weighted by atomic mass is 32.2. The molecule has 0 bridgehead atoms. The maximum absolute atomic E-state index is 11.6. The molecule has 0 radical (unpaired) electrons. The van der Waals surface area contributed by atoms with Crippen molar-refractivity contribution in [3.8, 4) is 0 Å². The summed E-state index contributed by atoms with van der Waals surface area (Å²) in [5.74, 6) is 0.734. The second kappa shape index (κ2) is 5.70. The van der Waals surface area contributed by atoms with E-state index in [1.165, 1.54) is 0 Å². The van der Waals surface area contributed by atoms with E-state index >= 15 is 0 Å². The Kier molecular flexibility index (Phi) is 5.74. The van der Waals surface area contributed by atoms with Gasteiger partial charge in [0.05, 0.1) is 0 Å². The standard InChI is InChI=1S/C7H14F3NS/c1-12-5-6(11)3-2-4-7(8,9)10/h6H,2-5,11H2,1H3. The molecule has 0 aromatic carbocycles. The van der Waals surface area contributed by atoms with E-state index in [2.05, 4.69) is 0 Å². The van der Waals surface area contributed by atoms with Gasteiger partial charge in [-0.05, 0) is 19.1 Å². The maximum Gasteiger partial charge on any atom is 0.389 e. The molecule has 0 rings (SSSR count). The van der Waals surface area contributed by atoms with Crippen molar-refractivity contribution in [3.05, 3.63) is 0 Å². The van der Waals surface area contributed by atoms with Crippen LogP contribution in [0, 0.1) is 0 Å². The van der Waals surface area contributed by atoms with Crippen molar-refractivity contribution in [2.45, 2.75) is 31.5 Å². The van der Waals surface area contributed by atoms with Crippen LogP contribution in [0.5, 0.6) is 0 Å². The molecule has 0 aliphatic carbocycles. The van der Waals surface area contributed by atoms with Crippen LogP contribution in [-0.4, -0.2) is 24.2 Å². The Labute approximate surface area is 74.9 Å². The van der Waals surface area contributed by atoms with E-state index in [4.69, 9.17) is 5.73 Å². The lowest BCUT2D eigenvalue weighted by Gasteiger charge is -2.10. The van der Waals surface area contributed by atoms with Gasteiger partial charge in [-0.3, -0.25) is 0 Å². The highest BCUT2D eigenvalue weighted by Gasteiger charge is 2.26. The van der Waals surface area contributed by atoms with Crippen molar-refractivity contribution in [2.24, 2.45) is 5.73 Å². The minimum absolute atomic E-state index is 0.0950. The zero-order chi connectivity index (χ0) is 9.61. The van der Waals surface area contributed by atoms with Crippen LogP contribution in [0.15, 0.2) is 0 Å². The molecule has 1 unspecified atom stereocenters. The largest absolute Gasteiger partial charge is 0.389 e. The average Bonchev–Trinajstić information content (AvgIpc) is 1.84. The van der Waals surface area contributed by atoms with Gasteiger partial charge in [-0.1, -0.05) is 0 Å². The lowest BCUT2D eigenvalue weighted by atomic mass is 10.1.